The van der Waals surface area contributed by atoms with Crippen molar-refractivity contribution in [3.8, 4) is 0 Å². The van der Waals surface area contributed by atoms with E-state index in [1.165, 1.54) is 25.8 Å². The SMILES string of the molecule is CCC1(C)CC2(CCO1)CNCCCN2C. The maximum atomic E-state index is 5.98. The van der Waals surface area contributed by atoms with Gasteiger partial charge in [0.2, 0.25) is 0 Å². The van der Waals surface area contributed by atoms with Crippen LogP contribution in [0.2, 0.25) is 0 Å². The van der Waals surface area contributed by atoms with Gasteiger partial charge in [-0.2, -0.15) is 0 Å². The molecule has 0 aromatic rings. The lowest BCUT2D eigenvalue weighted by atomic mass is 9.78. The molecule has 1 spiro atoms. The van der Waals surface area contributed by atoms with E-state index in [4.69, 9.17) is 4.74 Å². The molecule has 0 radical (unpaired) electrons. The highest BCUT2D eigenvalue weighted by molar-refractivity contribution is 5.01. The zero-order valence-corrected chi connectivity index (χ0v) is 11.0. The van der Waals surface area contributed by atoms with Crippen molar-refractivity contribution in [2.24, 2.45) is 0 Å². The van der Waals surface area contributed by atoms with Gasteiger partial charge < -0.3 is 10.1 Å². The Kier molecular flexibility index (Phi) is 3.57. The topological polar surface area (TPSA) is 24.5 Å². The van der Waals surface area contributed by atoms with Crippen LogP contribution in [0.4, 0.5) is 0 Å². The Hall–Kier alpha value is -0.120. The highest BCUT2D eigenvalue weighted by Crippen LogP contribution is 2.38. The average molecular weight is 226 g/mol. The first-order chi connectivity index (χ1) is 7.60. The van der Waals surface area contributed by atoms with Crippen LogP contribution in [0.5, 0.6) is 0 Å². The zero-order chi connectivity index (χ0) is 11.6. The maximum Gasteiger partial charge on any atom is 0.0670 e. The predicted octanol–water partition coefficient (Wildman–Crippen LogP) is 1.63. The second-order valence-corrected chi connectivity index (χ2v) is 5.75. The van der Waals surface area contributed by atoms with Gasteiger partial charge in [0.15, 0.2) is 0 Å². The van der Waals surface area contributed by atoms with Crippen molar-refractivity contribution in [3.05, 3.63) is 0 Å². The van der Waals surface area contributed by atoms with E-state index in [9.17, 15) is 0 Å². The number of hydrogen-bond acceptors (Lipinski definition) is 3. The number of rotatable bonds is 1. The Bertz CT molecular complexity index is 246. The van der Waals surface area contributed by atoms with E-state index in [1.807, 2.05) is 0 Å². The van der Waals surface area contributed by atoms with Gasteiger partial charge in [0.1, 0.15) is 0 Å². The molecule has 2 fully saturated rings. The van der Waals surface area contributed by atoms with E-state index in [0.717, 1.165) is 26.1 Å². The minimum Gasteiger partial charge on any atom is -0.375 e. The summed E-state index contributed by atoms with van der Waals surface area (Å²) in [7, 11) is 2.29. The Morgan fingerprint density at radius 1 is 1.44 bits per heavy atom. The van der Waals surface area contributed by atoms with Gasteiger partial charge in [0.25, 0.3) is 0 Å². The first-order valence-electron chi connectivity index (χ1n) is 6.66. The molecule has 2 aliphatic rings. The van der Waals surface area contributed by atoms with Crippen molar-refractivity contribution >= 4 is 0 Å². The van der Waals surface area contributed by atoms with Crippen LogP contribution >= 0.6 is 0 Å². The van der Waals surface area contributed by atoms with Crippen molar-refractivity contribution in [1.82, 2.24) is 10.2 Å². The highest BCUT2D eigenvalue weighted by Gasteiger charge is 2.45. The smallest absolute Gasteiger partial charge is 0.0670 e. The van der Waals surface area contributed by atoms with Gasteiger partial charge in [-0.3, -0.25) is 4.90 Å². The van der Waals surface area contributed by atoms with Crippen LogP contribution in [0, 0.1) is 0 Å². The van der Waals surface area contributed by atoms with Gasteiger partial charge in [-0.25, -0.2) is 0 Å². The molecule has 0 aromatic heterocycles. The molecule has 0 aliphatic carbocycles. The molecule has 2 rings (SSSR count). The number of nitrogens with one attached hydrogen (secondary N) is 1. The lowest BCUT2D eigenvalue weighted by Gasteiger charge is -2.50. The van der Waals surface area contributed by atoms with Crippen LogP contribution in [0.1, 0.15) is 39.5 Å². The van der Waals surface area contributed by atoms with Crippen molar-refractivity contribution in [2.75, 3.05) is 33.3 Å². The predicted molar refractivity (Wildman–Crippen MR) is 66.7 cm³/mol. The fourth-order valence-corrected chi connectivity index (χ4v) is 3.16. The third-order valence-corrected chi connectivity index (χ3v) is 4.58. The van der Waals surface area contributed by atoms with Gasteiger partial charge >= 0.3 is 0 Å². The standard InChI is InChI=1S/C13H26N2O/c1-4-12(2)10-13(6-9-16-12)11-14-7-5-8-15(13)3/h14H,4-11H2,1-3H3. The van der Waals surface area contributed by atoms with E-state index in [-0.39, 0.29) is 5.60 Å². The third-order valence-electron chi connectivity index (χ3n) is 4.58. The molecule has 3 heteroatoms. The quantitative estimate of drug-likeness (QED) is 0.735. The van der Waals surface area contributed by atoms with E-state index in [1.54, 1.807) is 0 Å². The molecule has 2 heterocycles. The summed E-state index contributed by atoms with van der Waals surface area (Å²) in [4.78, 5) is 2.57. The maximum absolute atomic E-state index is 5.98. The third kappa shape index (κ3) is 2.27. The molecule has 3 nitrogen and oxygen atoms in total. The second kappa shape index (κ2) is 4.63. The fourth-order valence-electron chi connectivity index (χ4n) is 3.16. The van der Waals surface area contributed by atoms with Crippen LogP contribution < -0.4 is 5.32 Å². The summed E-state index contributed by atoms with van der Waals surface area (Å²) in [5, 5.41) is 3.60. The van der Waals surface area contributed by atoms with Gasteiger partial charge in [0.05, 0.1) is 5.60 Å². The normalized spacial score (nSPS) is 42.2. The molecule has 0 amide bonds. The summed E-state index contributed by atoms with van der Waals surface area (Å²) in [6, 6.07) is 0. The first-order valence-corrected chi connectivity index (χ1v) is 6.66. The fraction of sp³-hybridized carbons (Fsp3) is 1.00. The molecule has 16 heavy (non-hydrogen) atoms. The van der Waals surface area contributed by atoms with Crippen molar-refractivity contribution in [3.63, 3.8) is 0 Å². The average Bonchev–Trinajstić information content (AvgIpc) is 2.43. The first kappa shape index (κ1) is 12.3. The van der Waals surface area contributed by atoms with Crippen LogP contribution in [0.25, 0.3) is 0 Å². The zero-order valence-electron chi connectivity index (χ0n) is 11.0. The van der Waals surface area contributed by atoms with Crippen molar-refractivity contribution < 1.29 is 4.74 Å². The molecule has 0 saturated carbocycles. The molecule has 0 bridgehead atoms. The van der Waals surface area contributed by atoms with Crippen LogP contribution in [-0.4, -0.2) is 49.3 Å². The molecule has 2 atom stereocenters. The van der Waals surface area contributed by atoms with Gasteiger partial charge in [-0.1, -0.05) is 6.92 Å². The lowest BCUT2D eigenvalue weighted by Crippen LogP contribution is -2.59. The number of nitrogens with zero attached hydrogens (tertiary/aromatic N) is 1. The number of hydrogen-bond donors (Lipinski definition) is 1. The Labute approximate surface area is 99.5 Å². The number of ether oxygens (including phenoxy) is 1. The van der Waals surface area contributed by atoms with E-state index >= 15 is 0 Å². The summed E-state index contributed by atoms with van der Waals surface area (Å²) in [5.41, 5.74) is 0.415. The largest absolute Gasteiger partial charge is 0.375 e. The van der Waals surface area contributed by atoms with E-state index in [0.29, 0.717) is 5.54 Å². The van der Waals surface area contributed by atoms with Crippen molar-refractivity contribution in [1.29, 1.82) is 0 Å². The summed E-state index contributed by atoms with van der Waals surface area (Å²) >= 11 is 0. The van der Waals surface area contributed by atoms with Crippen molar-refractivity contribution in [2.45, 2.75) is 50.7 Å². The monoisotopic (exact) mass is 226 g/mol. The lowest BCUT2D eigenvalue weighted by molar-refractivity contribution is -0.124. The summed E-state index contributed by atoms with van der Waals surface area (Å²) in [6.07, 6.45) is 4.72. The molecular formula is C13H26N2O. The summed E-state index contributed by atoms with van der Waals surface area (Å²) < 4.78 is 5.98. The number of likely N-dealkylation sites (N-methyl/N-ethyl adjacent to an activating group) is 1. The Morgan fingerprint density at radius 2 is 2.25 bits per heavy atom. The highest BCUT2D eigenvalue weighted by atomic mass is 16.5. The molecule has 2 aliphatic heterocycles. The minimum absolute atomic E-state index is 0.0819. The molecule has 0 aromatic carbocycles. The molecular weight excluding hydrogens is 200 g/mol. The van der Waals surface area contributed by atoms with Gasteiger partial charge in [-0.05, 0) is 52.7 Å². The van der Waals surface area contributed by atoms with Crippen LogP contribution in [-0.2, 0) is 4.74 Å². The van der Waals surface area contributed by atoms with E-state index in [2.05, 4.69) is 31.1 Å². The van der Waals surface area contributed by atoms with Crippen LogP contribution in [0.15, 0.2) is 0 Å². The Balaban J connectivity index is 2.15. The molecule has 1 N–H and O–H groups in total. The van der Waals surface area contributed by atoms with Gasteiger partial charge in [-0.15, -0.1) is 0 Å². The second-order valence-electron chi connectivity index (χ2n) is 5.75. The van der Waals surface area contributed by atoms with Crippen LogP contribution in [0.3, 0.4) is 0 Å². The van der Waals surface area contributed by atoms with E-state index < -0.39 is 0 Å². The summed E-state index contributed by atoms with van der Waals surface area (Å²) in [5.74, 6) is 0. The molecule has 2 saturated heterocycles. The molecule has 2 unspecified atom stereocenters. The minimum atomic E-state index is 0.0819. The summed E-state index contributed by atoms with van der Waals surface area (Å²) in [6.45, 7) is 8.93. The Morgan fingerprint density at radius 3 is 3.00 bits per heavy atom. The van der Waals surface area contributed by atoms with Gasteiger partial charge in [0, 0.05) is 18.7 Å². The molecule has 94 valence electrons.